The normalized spacial score (nSPS) is 16.3. The summed E-state index contributed by atoms with van der Waals surface area (Å²) in [6, 6.07) is 10.8. The number of nitro benzene ring substituents is 2. The van der Waals surface area contributed by atoms with Gasteiger partial charge in [-0.3, -0.25) is 20.2 Å². The topological polar surface area (TPSA) is 98.3 Å². The van der Waals surface area contributed by atoms with Gasteiger partial charge in [-0.15, -0.1) is 0 Å². The second-order valence-corrected chi connectivity index (χ2v) is 8.43. The highest BCUT2D eigenvalue weighted by Gasteiger charge is 2.37. The van der Waals surface area contributed by atoms with Gasteiger partial charge in [0.05, 0.1) is 36.1 Å². The smallest absolute Gasteiger partial charge is 0.347 e. The Morgan fingerprint density at radius 3 is 2.28 bits per heavy atom. The molecule has 3 aromatic rings. The van der Waals surface area contributed by atoms with Crippen LogP contribution in [0.3, 0.4) is 0 Å². The third kappa shape index (κ3) is 3.05. The Bertz CT molecular complexity index is 1290. The number of fused-ring (bicyclic) bond motifs is 2. The zero-order valence-electron chi connectivity index (χ0n) is 18.6. The van der Waals surface area contributed by atoms with Crippen LogP contribution < -0.4 is 9.47 Å². The fourth-order valence-electron chi connectivity index (χ4n) is 4.61. The molecule has 2 heterocycles. The first-order valence-electron chi connectivity index (χ1n) is 10.1. The van der Waals surface area contributed by atoms with E-state index in [0.29, 0.717) is 11.0 Å². The Morgan fingerprint density at radius 2 is 1.66 bits per heavy atom. The largest absolute Gasteiger partial charge is 0.350 e. The van der Waals surface area contributed by atoms with Crippen molar-refractivity contribution in [1.29, 1.82) is 0 Å². The van der Waals surface area contributed by atoms with Crippen molar-refractivity contribution in [2.45, 2.75) is 19.3 Å². The molecule has 0 radical (unpaired) electrons. The molecule has 0 bridgehead atoms. The van der Waals surface area contributed by atoms with Gasteiger partial charge in [-0.1, -0.05) is 38.1 Å². The van der Waals surface area contributed by atoms with Gasteiger partial charge in [0.1, 0.15) is 0 Å². The SMILES string of the molecule is CN1/C(=C/C=C/c2n(C)c3cc([N+](=O)[O-])c([N+](=O)[O-])cc3[n+]2C)C(C)(C)c2ccccc21. The van der Waals surface area contributed by atoms with Crippen molar-refractivity contribution in [2.75, 3.05) is 11.9 Å². The summed E-state index contributed by atoms with van der Waals surface area (Å²) >= 11 is 0. The molecule has 0 aliphatic carbocycles. The van der Waals surface area contributed by atoms with E-state index >= 15 is 0 Å². The minimum Gasteiger partial charge on any atom is -0.347 e. The van der Waals surface area contributed by atoms with E-state index in [0.717, 1.165) is 11.5 Å². The van der Waals surface area contributed by atoms with Gasteiger partial charge >= 0.3 is 11.4 Å². The van der Waals surface area contributed by atoms with Gasteiger partial charge in [-0.25, -0.2) is 9.13 Å². The highest BCUT2D eigenvalue weighted by Crippen LogP contribution is 2.46. The minimum absolute atomic E-state index is 0.155. The first-order valence-corrected chi connectivity index (χ1v) is 10.1. The fraction of sp³-hybridized carbons (Fsp3) is 0.261. The highest BCUT2D eigenvalue weighted by atomic mass is 16.6. The standard InChI is InChI=1S/C23H24N5O4/c1-23(2)15-9-6-7-10-16(15)24(3)21(23)11-8-12-22-25(4)17-13-19(27(29)30)20(28(31)32)14-18(17)26(22)5/h6-14H,1-5H3/q+1. The summed E-state index contributed by atoms with van der Waals surface area (Å²) in [5.74, 6) is 0.752. The predicted molar refractivity (Wildman–Crippen MR) is 122 cm³/mol. The summed E-state index contributed by atoms with van der Waals surface area (Å²) in [6.45, 7) is 4.37. The number of allylic oxidation sites excluding steroid dienone is 3. The molecule has 164 valence electrons. The number of hydrogen-bond donors (Lipinski definition) is 0. The summed E-state index contributed by atoms with van der Waals surface area (Å²) in [6.07, 6.45) is 5.90. The van der Waals surface area contributed by atoms with E-state index in [2.05, 4.69) is 37.0 Å². The van der Waals surface area contributed by atoms with Crippen LogP contribution in [0.5, 0.6) is 0 Å². The third-order valence-corrected chi connectivity index (χ3v) is 6.31. The average Bonchev–Trinajstić information content (AvgIpc) is 3.10. The van der Waals surface area contributed by atoms with Crippen LogP contribution in [0.4, 0.5) is 17.1 Å². The molecule has 0 amide bonds. The van der Waals surface area contributed by atoms with Crippen molar-refractivity contribution < 1.29 is 14.4 Å². The number of aromatic nitrogens is 2. The van der Waals surface area contributed by atoms with Gasteiger partial charge in [0.25, 0.3) is 5.82 Å². The van der Waals surface area contributed by atoms with Crippen LogP contribution in [-0.4, -0.2) is 21.5 Å². The molecule has 0 spiro atoms. The molecule has 0 atom stereocenters. The predicted octanol–water partition coefficient (Wildman–Crippen LogP) is 4.14. The van der Waals surface area contributed by atoms with E-state index in [9.17, 15) is 20.2 Å². The summed E-state index contributed by atoms with van der Waals surface area (Å²) in [4.78, 5) is 23.4. The first-order chi connectivity index (χ1) is 15.1. The number of likely N-dealkylation sites (N-methyl/N-ethyl adjacent to an activating group) is 1. The van der Waals surface area contributed by atoms with E-state index in [-0.39, 0.29) is 5.41 Å². The second-order valence-electron chi connectivity index (χ2n) is 8.43. The lowest BCUT2D eigenvalue weighted by molar-refractivity contribution is -0.647. The van der Waals surface area contributed by atoms with Crippen molar-refractivity contribution in [1.82, 2.24) is 4.57 Å². The average molecular weight is 434 g/mol. The Kier molecular flexibility index (Phi) is 4.84. The molecule has 4 rings (SSSR count). The van der Waals surface area contributed by atoms with Gasteiger partial charge in [0.15, 0.2) is 11.0 Å². The molecular weight excluding hydrogens is 410 g/mol. The molecule has 9 heteroatoms. The van der Waals surface area contributed by atoms with Crippen LogP contribution in [0.2, 0.25) is 0 Å². The number of imidazole rings is 1. The zero-order chi connectivity index (χ0) is 23.4. The van der Waals surface area contributed by atoms with Crippen molar-refractivity contribution in [3.63, 3.8) is 0 Å². The molecule has 9 nitrogen and oxygen atoms in total. The lowest BCUT2D eigenvalue weighted by Gasteiger charge is -2.23. The molecule has 0 saturated heterocycles. The molecule has 0 N–H and O–H groups in total. The first kappa shape index (κ1) is 21.2. The maximum atomic E-state index is 11.3. The fourth-order valence-corrected chi connectivity index (χ4v) is 4.61. The van der Waals surface area contributed by atoms with Crippen molar-refractivity contribution in [3.8, 4) is 0 Å². The van der Waals surface area contributed by atoms with E-state index in [1.54, 1.807) is 23.2 Å². The van der Waals surface area contributed by atoms with Crippen LogP contribution in [0, 0.1) is 20.2 Å². The molecule has 1 aliphatic rings. The van der Waals surface area contributed by atoms with Crippen molar-refractivity contribution in [3.05, 3.63) is 85.9 Å². The minimum atomic E-state index is -0.722. The summed E-state index contributed by atoms with van der Waals surface area (Å²) in [7, 11) is 5.61. The van der Waals surface area contributed by atoms with Crippen LogP contribution >= 0.6 is 0 Å². The number of aryl methyl sites for hydroxylation is 2. The number of rotatable bonds is 4. The summed E-state index contributed by atoms with van der Waals surface area (Å²) < 4.78 is 3.58. The van der Waals surface area contributed by atoms with E-state index in [4.69, 9.17) is 0 Å². The maximum absolute atomic E-state index is 11.3. The van der Waals surface area contributed by atoms with Gasteiger partial charge in [0.2, 0.25) is 0 Å². The quantitative estimate of drug-likeness (QED) is 0.349. The lowest BCUT2D eigenvalue weighted by atomic mass is 9.84. The van der Waals surface area contributed by atoms with Gasteiger partial charge in [0, 0.05) is 29.9 Å². The summed E-state index contributed by atoms with van der Waals surface area (Å²) in [5, 5.41) is 22.7. The Balaban J connectivity index is 1.79. The van der Waals surface area contributed by atoms with Crippen LogP contribution in [0.1, 0.15) is 25.2 Å². The number of para-hydroxylation sites is 1. The number of nitrogens with zero attached hydrogens (tertiary/aromatic N) is 5. The Morgan fingerprint density at radius 1 is 1.03 bits per heavy atom. The molecule has 0 fully saturated rings. The van der Waals surface area contributed by atoms with Crippen molar-refractivity contribution >= 4 is 34.2 Å². The van der Waals surface area contributed by atoms with Gasteiger partial charge in [-0.05, 0) is 17.7 Å². The molecule has 2 aromatic carbocycles. The van der Waals surface area contributed by atoms with E-state index in [1.807, 2.05) is 31.3 Å². The monoisotopic (exact) mass is 434 g/mol. The number of nitro groups is 2. The molecule has 32 heavy (non-hydrogen) atoms. The lowest BCUT2D eigenvalue weighted by Crippen LogP contribution is -2.30. The Hall–Kier alpha value is -4.01. The third-order valence-electron chi connectivity index (χ3n) is 6.31. The molecule has 1 aromatic heterocycles. The molecule has 0 unspecified atom stereocenters. The van der Waals surface area contributed by atoms with E-state index in [1.165, 1.54) is 23.4 Å². The number of anilines is 1. The second kappa shape index (κ2) is 7.30. The number of benzene rings is 2. The van der Waals surface area contributed by atoms with E-state index < -0.39 is 21.2 Å². The Labute approximate surface area is 184 Å². The molecular formula is C23H24N5O4+. The zero-order valence-corrected chi connectivity index (χ0v) is 18.6. The van der Waals surface area contributed by atoms with Gasteiger partial charge in [-0.2, -0.15) is 0 Å². The molecule has 1 aliphatic heterocycles. The number of hydrogen-bond acceptors (Lipinski definition) is 5. The van der Waals surface area contributed by atoms with Crippen LogP contribution in [-0.2, 0) is 19.5 Å². The highest BCUT2D eigenvalue weighted by molar-refractivity contribution is 5.81. The summed E-state index contributed by atoms with van der Waals surface area (Å²) in [5.41, 5.74) is 3.47. The van der Waals surface area contributed by atoms with Crippen LogP contribution in [0.15, 0.2) is 54.2 Å². The molecule has 0 saturated carbocycles. The van der Waals surface area contributed by atoms with Gasteiger partial charge < -0.3 is 4.90 Å². The van der Waals surface area contributed by atoms with Crippen molar-refractivity contribution in [2.24, 2.45) is 14.1 Å². The maximum Gasteiger partial charge on any atom is 0.350 e. The van der Waals surface area contributed by atoms with Crippen LogP contribution in [0.25, 0.3) is 17.1 Å².